The largest absolute Gasteiger partial charge is 0.378 e. The number of morpholine rings is 1. The number of piperidine rings is 1. The number of rotatable bonds is 3. The first-order chi connectivity index (χ1) is 14.4. The van der Waals surface area contributed by atoms with Crippen LogP contribution in [0.1, 0.15) is 37.3 Å². The number of benzene rings is 1. The topological polar surface area (TPSA) is 79.3 Å². The lowest BCUT2D eigenvalue weighted by Gasteiger charge is -2.36. The maximum atomic E-state index is 12.9. The summed E-state index contributed by atoms with van der Waals surface area (Å²) >= 11 is 0. The number of carbonyl (C=O) groups excluding carboxylic acids is 1. The Morgan fingerprint density at radius 1 is 1.10 bits per heavy atom. The van der Waals surface area contributed by atoms with E-state index < -0.39 is 10.0 Å². The van der Waals surface area contributed by atoms with E-state index in [1.165, 1.54) is 0 Å². The number of ether oxygens (including phenoxy) is 1. The molecule has 162 valence electrons. The summed E-state index contributed by atoms with van der Waals surface area (Å²) in [5.41, 5.74) is 2.55. The van der Waals surface area contributed by atoms with Crippen molar-refractivity contribution in [3.63, 3.8) is 0 Å². The van der Waals surface area contributed by atoms with Gasteiger partial charge >= 0.3 is 0 Å². The predicted octanol–water partition coefficient (Wildman–Crippen LogP) is 2.43. The molecule has 4 rings (SSSR count). The first kappa shape index (κ1) is 21.1. The van der Waals surface area contributed by atoms with E-state index in [4.69, 9.17) is 4.74 Å². The van der Waals surface area contributed by atoms with Gasteiger partial charge < -0.3 is 14.5 Å². The van der Waals surface area contributed by atoms with Gasteiger partial charge in [-0.3, -0.25) is 4.79 Å². The van der Waals surface area contributed by atoms with Crippen molar-refractivity contribution < 1.29 is 17.9 Å². The van der Waals surface area contributed by atoms with Gasteiger partial charge in [-0.05, 0) is 31.7 Å². The number of sulfonamides is 1. The Kier molecular flexibility index (Phi) is 5.97. The van der Waals surface area contributed by atoms with Crippen LogP contribution in [0.3, 0.4) is 0 Å². The van der Waals surface area contributed by atoms with E-state index in [0.29, 0.717) is 75.0 Å². The van der Waals surface area contributed by atoms with E-state index in [1.807, 2.05) is 47.9 Å². The van der Waals surface area contributed by atoms with Crippen molar-refractivity contribution in [3.8, 4) is 0 Å². The first-order valence-corrected chi connectivity index (χ1v) is 12.1. The zero-order chi connectivity index (χ0) is 21.3. The zero-order valence-corrected chi connectivity index (χ0v) is 18.5. The first-order valence-electron chi connectivity index (χ1n) is 10.7. The molecule has 0 N–H and O–H groups in total. The highest BCUT2D eigenvalue weighted by atomic mass is 32.2. The molecule has 0 radical (unpaired) electrons. The monoisotopic (exact) mass is 431 g/mol. The second kappa shape index (κ2) is 8.51. The molecule has 0 spiro atoms. The average molecular weight is 432 g/mol. The zero-order valence-electron chi connectivity index (χ0n) is 17.6. The molecule has 0 unspecified atom stereocenters. The van der Waals surface area contributed by atoms with Gasteiger partial charge in [0.15, 0.2) is 0 Å². The van der Waals surface area contributed by atoms with Crippen molar-refractivity contribution in [1.82, 2.24) is 9.80 Å². The van der Waals surface area contributed by atoms with E-state index in [1.54, 1.807) is 0 Å². The molecule has 8 heteroatoms. The standard InChI is InChI=1S/C22H29N3O4S/c1-3-19-20(17-6-4-16(2)5-7-17)30(27,28)23-21(19)24-10-8-18(9-11-24)22(26)25-12-14-29-15-13-25/h4-7,18H,3,8-15H2,1-2H3. The Bertz CT molecular complexity index is 968. The molecule has 1 amide bonds. The van der Waals surface area contributed by atoms with Crippen LogP contribution in [0.4, 0.5) is 0 Å². The van der Waals surface area contributed by atoms with E-state index in [0.717, 1.165) is 11.1 Å². The fourth-order valence-electron chi connectivity index (χ4n) is 4.45. The molecule has 3 aliphatic rings. The van der Waals surface area contributed by atoms with Crippen molar-refractivity contribution in [3.05, 3.63) is 41.0 Å². The van der Waals surface area contributed by atoms with Crippen LogP contribution in [0.5, 0.6) is 0 Å². The van der Waals surface area contributed by atoms with Gasteiger partial charge in [-0.2, -0.15) is 8.42 Å². The summed E-state index contributed by atoms with van der Waals surface area (Å²) in [5, 5.41) is 0. The fourth-order valence-corrected chi connectivity index (χ4v) is 5.97. The Morgan fingerprint density at radius 2 is 1.73 bits per heavy atom. The van der Waals surface area contributed by atoms with E-state index in [-0.39, 0.29) is 11.8 Å². The highest BCUT2D eigenvalue weighted by Crippen LogP contribution is 2.36. The highest BCUT2D eigenvalue weighted by Gasteiger charge is 2.37. The van der Waals surface area contributed by atoms with Gasteiger partial charge in [0.25, 0.3) is 10.0 Å². The van der Waals surface area contributed by atoms with Gasteiger partial charge in [0.1, 0.15) is 10.7 Å². The summed E-state index contributed by atoms with van der Waals surface area (Å²) < 4.78 is 35.3. The minimum atomic E-state index is -3.72. The lowest BCUT2D eigenvalue weighted by molar-refractivity contribution is -0.140. The fraction of sp³-hybridized carbons (Fsp3) is 0.545. The van der Waals surface area contributed by atoms with Crippen LogP contribution in [0.25, 0.3) is 4.91 Å². The quantitative estimate of drug-likeness (QED) is 0.734. The molecule has 0 aliphatic carbocycles. The van der Waals surface area contributed by atoms with E-state index in [2.05, 4.69) is 4.40 Å². The van der Waals surface area contributed by atoms with Crippen molar-refractivity contribution in [2.75, 3.05) is 39.4 Å². The third-order valence-electron chi connectivity index (χ3n) is 6.14. The van der Waals surface area contributed by atoms with Crippen LogP contribution in [0.15, 0.2) is 34.2 Å². The number of amidine groups is 1. The molecular formula is C22H29N3O4S. The van der Waals surface area contributed by atoms with Crippen LogP contribution in [-0.4, -0.2) is 69.4 Å². The van der Waals surface area contributed by atoms with Gasteiger partial charge in [-0.15, -0.1) is 4.40 Å². The molecule has 30 heavy (non-hydrogen) atoms. The number of hydrogen-bond acceptors (Lipinski definition) is 5. The second-order valence-electron chi connectivity index (χ2n) is 8.12. The third kappa shape index (κ3) is 4.03. The lowest BCUT2D eigenvalue weighted by Crippen LogP contribution is -2.47. The molecule has 3 aliphatic heterocycles. The van der Waals surface area contributed by atoms with Crippen LogP contribution in [0.2, 0.25) is 0 Å². The minimum Gasteiger partial charge on any atom is -0.378 e. The molecular weight excluding hydrogens is 402 g/mol. The average Bonchev–Trinajstić information content (AvgIpc) is 3.05. The molecule has 1 aromatic rings. The Labute approximate surface area is 178 Å². The maximum Gasteiger partial charge on any atom is 0.285 e. The van der Waals surface area contributed by atoms with Crippen molar-refractivity contribution >= 4 is 26.7 Å². The van der Waals surface area contributed by atoms with Crippen molar-refractivity contribution in [2.24, 2.45) is 10.3 Å². The number of likely N-dealkylation sites (tertiary alicyclic amines) is 1. The van der Waals surface area contributed by atoms with Gasteiger partial charge in [0.2, 0.25) is 5.91 Å². The number of carbonyl (C=O) groups is 1. The molecule has 3 heterocycles. The maximum absolute atomic E-state index is 12.9. The van der Waals surface area contributed by atoms with Gasteiger partial charge in [-0.1, -0.05) is 36.8 Å². The van der Waals surface area contributed by atoms with Crippen molar-refractivity contribution in [1.29, 1.82) is 0 Å². The molecule has 0 atom stereocenters. The molecule has 0 aromatic heterocycles. The Hall–Kier alpha value is -2.19. The van der Waals surface area contributed by atoms with Gasteiger partial charge in [0.05, 0.1) is 13.2 Å². The van der Waals surface area contributed by atoms with E-state index >= 15 is 0 Å². The molecule has 1 aromatic carbocycles. The normalized spacial score (nSPS) is 22.4. The molecule has 2 saturated heterocycles. The van der Waals surface area contributed by atoms with Crippen molar-refractivity contribution in [2.45, 2.75) is 33.1 Å². The molecule has 2 fully saturated rings. The van der Waals surface area contributed by atoms with Crippen LogP contribution < -0.4 is 0 Å². The summed E-state index contributed by atoms with van der Waals surface area (Å²) in [5.74, 6) is 0.750. The predicted molar refractivity (Wildman–Crippen MR) is 116 cm³/mol. The van der Waals surface area contributed by atoms with Crippen LogP contribution in [-0.2, 0) is 19.6 Å². The number of nitrogens with zero attached hydrogens (tertiary/aromatic N) is 3. The smallest absolute Gasteiger partial charge is 0.285 e. The minimum absolute atomic E-state index is 0.0106. The van der Waals surface area contributed by atoms with Crippen LogP contribution in [0, 0.1) is 12.8 Å². The summed E-state index contributed by atoms with van der Waals surface area (Å²) in [4.78, 5) is 17.1. The van der Waals surface area contributed by atoms with Gasteiger partial charge in [-0.25, -0.2) is 0 Å². The Morgan fingerprint density at radius 3 is 2.33 bits per heavy atom. The SMILES string of the molecule is CCC1=C(c2ccc(C)cc2)S(=O)(=O)N=C1N1CCC(C(=O)N2CCOCC2)CC1. The third-order valence-corrected chi connectivity index (χ3v) is 7.55. The summed E-state index contributed by atoms with van der Waals surface area (Å²) in [6, 6.07) is 7.55. The molecule has 0 bridgehead atoms. The van der Waals surface area contributed by atoms with Gasteiger partial charge in [0, 0.05) is 37.7 Å². The molecule has 7 nitrogen and oxygen atoms in total. The summed E-state index contributed by atoms with van der Waals surface area (Å²) in [6.07, 6.45) is 2.02. The number of amides is 1. The lowest BCUT2D eigenvalue weighted by atomic mass is 9.94. The Balaban J connectivity index is 1.51. The second-order valence-corrected chi connectivity index (χ2v) is 9.66. The summed E-state index contributed by atoms with van der Waals surface area (Å²) in [6.45, 7) is 7.75. The highest BCUT2D eigenvalue weighted by molar-refractivity contribution is 8.00. The van der Waals surface area contributed by atoms with E-state index in [9.17, 15) is 13.2 Å². The molecule has 0 saturated carbocycles. The number of aryl methyl sites for hydroxylation is 1. The van der Waals surface area contributed by atoms with Crippen LogP contribution >= 0.6 is 0 Å². The summed E-state index contributed by atoms with van der Waals surface area (Å²) in [7, 11) is -3.72. The number of hydrogen-bond donors (Lipinski definition) is 0.